The summed E-state index contributed by atoms with van der Waals surface area (Å²) in [7, 11) is 3.53. The highest BCUT2D eigenvalue weighted by Gasteiger charge is 2.05. The molecular weight excluding hydrogens is 218 g/mol. The van der Waals surface area contributed by atoms with E-state index >= 15 is 0 Å². The molecule has 1 unspecified atom stereocenters. The maximum absolute atomic E-state index is 9.17. The highest BCUT2D eigenvalue weighted by Crippen LogP contribution is 2.24. The molecule has 1 atom stereocenters. The molecule has 0 aliphatic rings. The molecule has 0 saturated heterocycles. The molecule has 2 N–H and O–H groups in total. The number of aliphatic hydroxyl groups excluding tert-OH is 1. The van der Waals surface area contributed by atoms with Crippen LogP contribution >= 0.6 is 0 Å². The molecular formula is C13H21NO3. The van der Waals surface area contributed by atoms with Crippen LogP contribution in [-0.4, -0.2) is 32.0 Å². The van der Waals surface area contributed by atoms with Crippen LogP contribution in [0.3, 0.4) is 0 Å². The maximum atomic E-state index is 9.17. The van der Waals surface area contributed by atoms with Crippen LogP contribution in [0.5, 0.6) is 11.5 Å². The van der Waals surface area contributed by atoms with E-state index in [9.17, 15) is 5.11 Å². The quantitative estimate of drug-likeness (QED) is 0.758. The van der Waals surface area contributed by atoms with Crippen LogP contribution in [0, 0.1) is 0 Å². The lowest BCUT2D eigenvalue weighted by Crippen LogP contribution is -2.11. The molecule has 0 radical (unpaired) electrons. The fourth-order valence-electron chi connectivity index (χ4n) is 1.49. The lowest BCUT2D eigenvalue weighted by atomic mass is 10.2. The molecule has 0 heterocycles. The van der Waals surface area contributed by atoms with E-state index in [1.165, 1.54) is 0 Å². The van der Waals surface area contributed by atoms with Crippen LogP contribution in [0.25, 0.3) is 0 Å². The maximum Gasteiger partial charge on any atom is 0.124 e. The molecule has 1 rings (SSSR count). The summed E-state index contributed by atoms with van der Waals surface area (Å²) in [5, 5.41) is 12.3. The Hall–Kier alpha value is -1.26. The lowest BCUT2D eigenvalue weighted by molar-refractivity contribution is 0.155. The van der Waals surface area contributed by atoms with Gasteiger partial charge in [-0.2, -0.15) is 0 Å². The van der Waals surface area contributed by atoms with Crippen LogP contribution in [0.2, 0.25) is 0 Å². The first-order valence-corrected chi connectivity index (χ1v) is 5.79. The Labute approximate surface area is 103 Å². The van der Waals surface area contributed by atoms with Crippen molar-refractivity contribution in [3.63, 3.8) is 0 Å². The summed E-state index contributed by atoms with van der Waals surface area (Å²) >= 11 is 0. The van der Waals surface area contributed by atoms with Crippen LogP contribution in [-0.2, 0) is 6.54 Å². The van der Waals surface area contributed by atoms with Gasteiger partial charge < -0.3 is 19.9 Å². The van der Waals surface area contributed by atoms with Crippen molar-refractivity contribution in [3.05, 3.63) is 23.8 Å². The minimum atomic E-state index is -0.332. The summed E-state index contributed by atoms with van der Waals surface area (Å²) in [5.41, 5.74) is 1.05. The molecule has 17 heavy (non-hydrogen) atoms. The van der Waals surface area contributed by atoms with E-state index in [2.05, 4.69) is 5.32 Å². The number of methoxy groups -OCH3 is 1. The zero-order chi connectivity index (χ0) is 12.7. The van der Waals surface area contributed by atoms with Gasteiger partial charge >= 0.3 is 0 Å². The van der Waals surface area contributed by atoms with E-state index in [4.69, 9.17) is 9.47 Å². The van der Waals surface area contributed by atoms with Crippen molar-refractivity contribution in [2.45, 2.75) is 26.0 Å². The van der Waals surface area contributed by atoms with Gasteiger partial charge in [-0.15, -0.1) is 0 Å². The van der Waals surface area contributed by atoms with Gasteiger partial charge in [0.2, 0.25) is 0 Å². The monoisotopic (exact) mass is 239 g/mol. The average Bonchev–Trinajstić information content (AvgIpc) is 2.31. The minimum Gasteiger partial charge on any atom is -0.497 e. The van der Waals surface area contributed by atoms with E-state index in [1.54, 1.807) is 14.0 Å². The Bertz CT molecular complexity index is 339. The van der Waals surface area contributed by atoms with Crippen molar-refractivity contribution in [2.75, 3.05) is 20.8 Å². The largest absolute Gasteiger partial charge is 0.497 e. The molecule has 0 fully saturated rings. The third-order valence-electron chi connectivity index (χ3n) is 2.43. The highest BCUT2D eigenvalue weighted by molar-refractivity contribution is 5.40. The number of aliphatic hydroxyl groups is 1. The standard InChI is InChI=1S/C13H21NO3/c1-10(15)6-7-17-13-5-4-12(16-3)8-11(13)9-14-2/h4-5,8,10,14-15H,6-7,9H2,1-3H3. The molecule has 0 amide bonds. The summed E-state index contributed by atoms with van der Waals surface area (Å²) in [4.78, 5) is 0. The topological polar surface area (TPSA) is 50.7 Å². The van der Waals surface area contributed by atoms with Crippen molar-refractivity contribution in [2.24, 2.45) is 0 Å². The van der Waals surface area contributed by atoms with Crippen LogP contribution in [0.1, 0.15) is 18.9 Å². The van der Waals surface area contributed by atoms with E-state index in [-0.39, 0.29) is 6.10 Å². The first kappa shape index (κ1) is 13.8. The van der Waals surface area contributed by atoms with Gasteiger partial charge in [-0.05, 0) is 32.2 Å². The van der Waals surface area contributed by atoms with E-state index < -0.39 is 0 Å². The van der Waals surface area contributed by atoms with Gasteiger partial charge in [0.25, 0.3) is 0 Å². The zero-order valence-electron chi connectivity index (χ0n) is 10.7. The molecule has 0 spiro atoms. The zero-order valence-corrected chi connectivity index (χ0v) is 10.7. The van der Waals surface area contributed by atoms with Gasteiger partial charge in [0.1, 0.15) is 11.5 Å². The summed E-state index contributed by atoms with van der Waals surface area (Å²) < 4.78 is 10.8. The van der Waals surface area contributed by atoms with E-state index in [1.807, 2.05) is 25.2 Å². The number of benzene rings is 1. The predicted molar refractivity (Wildman–Crippen MR) is 67.6 cm³/mol. The number of hydrogen-bond acceptors (Lipinski definition) is 4. The van der Waals surface area contributed by atoms with E-state index in [0.29, 0.717) is 13.0 Å². The first-order valence-electron chi connectivity index (χ1n) is 5.79. The molecule has 4 nitrogen and oxygen atoms in total. The van der Waals surface area contributed by atoms with Crippen molar-refractivity contribution in [1.29, 1.82) is 0 Å². The summed E-state index contributed by atoms with van der Waals surface area (Å²) in [6.45, 7) is 2.99. The molecule has 1 aromatic rings. The second-order valence-corrected chi connectivity index (χ2v) is 3.99. The van der Waals surface area contributed by atoms with Crippen LogP contribution < -0.4 is 14.8 Å². The fraction of sp³-hybridized carbons (Fsp3) is 0.538. The van der Waals surface area contributed by atoms with E-state index in [0.717, 1.165) is 23.6 Å². The average molecular weight is 239 g/mol. The lowest BCUT2D eigenvalue weighted by Gasteiger charge is -2.13. The Kier molecular flexibility index (Phi) is 5.80. The Morgan fingerprint density at radius 1 is 1.41 bits per heavy atom. The molecule has 0 aromatic heterocycles. The molecule has 0 aliphatic heterocycles. The fourth-order valence-corrected chi connectivity index (χ4v) is 1.49. The molecule has 96 valence electrons. The second kappa shape index (κ2) is 7.14. The molecule has 1 aromatic carbocycles. The number of rotatable bonds is 7. The van der Waals surface area contributed by atoms with Gasteiger partial charge in [-0.3, -0.25) is 0 Å². The number of ether oxygens (including phenoxy) is 2. The molecule has 0 saturated carbocycles. The SMILES string of the molecule is CNCc1cc(OC)ccc1OCCC(C)O. The van der Waals surface area contributed by atoms with Crippen LogP contribution in [0.15, 0.2) is 18.2 Å². The second-order valence-electron chi connectivity index (χ2n) is 3.99. The third-order valence-corrected chi connectivity index (χ3v) is 2.43. The van der Waals surface area contributed by atoms with Crippen molar-refractivity contribution >= 4 is 0 Å². The summed E-state index contributed by atoms with van der Waals surface area (Å²) in [6, 6.07) is 5.72. The van der Waals surface area contributed by atoms with Crippen molar-refractivity contribution in [3.8, 4) is 11.5 Å². The Morgan fingerprint density at radius 3 is 2.76 bits per heavy atom. The molecule has 0 bridgehead atoms. The van der Waals surface area contributed by atoms with Gasteiger partial charge in [0.05, 0.1) is 19.8 Å². The smallest absolute Gasteiger partial charge is 0.124 e. The van der Waals surface area contributed by atoms with Crippen molar-refractivity contribution in [1.82, 2.24) is 5.32 Å². The molecule has 4 heteroatoms. The van der Waals surface area contributed by atoms with Gasteiger partial charge in [0, 0.05) is 18.5 Å². The minimum absolute atomic E-state index is 0.332. The van der Waals surface area contributed by atoms with Crippen molar-refractivity contribution < 1.29 is 14.6 Å². The van der Waals surface area contributed by atoms with Gasteiger partial charge in [-0.1, -0.05) is 0 Å². The number of nitrogens with one attached hydrogen (secondary N) is 1. The first-order chi connectivity index (χ1) is 8.17. The van der Waals surface area contributed by atoms with Gasteiger partial charge in [0.15, 0.2) is 0 Å². The summed E-state index contributed by atoms with van der Waals surface area (Å²) in [5.74, 6) is 1.65. The van der Waals surface area contributed by atoms with Crippen LogP contribution in [0.4, 0.5) is 0 Å². The van der Waals surface area contributed by atoms with Gasteiger partial charge in [-0.25, -0.2) is 0 Å². The molecule has 0 aliphatic carbocycles. The highest BCUT2D eigenvalue weighted by atomic mass is 16.5. The Morgan fingerprint density at radius 2 is 2.18 bits per heavy atom. The normalized spacial score (nSPS) is 12.2. The Balaban J connectivity index is 2.68. The number of hydrogen-bond donors (Lipinski definition) is 2. The third kappa shape index (κ3) is 4.63. The summed E-state index contributed by atoms with van der Waals surface area (Å²) in [6.07, 6.45) is 0.298. The predicted octanol–water partition coefficient (Wildman–Crippen LogP) is 1.56.